The van der Waals surface area contributed by atoms with Crippen LogP contribution >= 0.6 is 0 Å². The number of nitrogens with two attached hydrogens (primary N) is 1. The van der Waals surface area contributed by atoms with Gasteiger partial charge in [-0.05, 0) is 52.3 Å². The average molecular weight is 277 g/mol. The number of unbranched alkanes of at least 4 members (excludes halogenated alkanes) is 1. The molecule has 4 nitrogen and oxygen atoms in total. The summed E-state index contributed by atoms with van der Waals surface area (Å²) >= 11 is 0. The molecule has 0 aliphatic heterocycles. The van der Waals surface area contributed by atoms with Gasteiger partial charge in [-0.15, -0.1) is 0 Å². The molecular weight excluding hydrogens is 250 g/mol. The Morgan fingerprint density at radius 3 is 2.40 bits per heavy atom. The molecule has 20 heavy (non-hydrogen) atoms. The minimum Gasteiger partial charge on any atom is -0.375 e. The normalized spacial score (nSPS) is 13.8. The Hall–Kier alpha value is -1.55. The molecule has 1 aromatic rings. The van der Waals surface area contributed by atoms with E-state index in [1.54, 1.807) is 7.05 Å². The molecule has 0 heterocycles. The molecule has 0 radical (unpaired) electrons. The summed E-state index contributed by atoms with van der Waals surface area (Å²) in [6.45, 7) is 4.92. The first kappa shape index (κ1) is 16.5. The highest BCUT2D eigenvalue weighted by Gasteiger charge is 2.27. The largest absolute Gasteiger partial charge is 0.375 e. The number of aryl methyl sites for hydroxylation is 1. The molecule has 0 aromatic heterocycles. The molecule has 4 heteroatoms. The minimum atomic E-state index is -0.595. The zero-order valence-electron chi connectivity index (χ0n) is 13.1. The highest BCUT2D eigenvalue weighted by atomic mass is 16.1. The van der Waals surface area contributed by atoms with Gasteiger partial charge in [0, 0.05) is 19.3 Å². The predicted molar refractivity (Wildman–Crippen MR) is 85.0 cm³/mol. The predicted octanol–water partition coefficient (Wildman–Crippen LogP) is 2.06. The number of primary amides is 1. The number of carbonyl (C=O) groups excluding carboxylic acids is 1. The topological polar surface area (TPSA) is 58.4 Å². The molecule has 0 aliphatic rings. The third-order valence-electron chi connectivity index (χ3n) is 3.99. The summed E-state index contributed by atoms with van der Waals surface area (Å²) in [7, 11) is 3.87. The zero-order chi connectivity index (χ0) is 15.2. The van der Waals surface area contributed by atoms with Crippen LogP contribution in [0.1, 0.15) is 31.7 Å². The van der Waals surface area contributed by atoms with Crippen LogP contribution in [0.4, 0.5) is 5.69 Å². The molecule has 1 unspecified atom stereocenters. The van der Waals surface area contributed by atoms with Crippen molar-refractivity contribution in [1.82, 2.24) is 5.32 Å². The molecule has 112 valence electrons. The van der Waals surface area contributed by atoms with Gasteiger partial charge in [-0.25, -0.2) is 0 Å². The molecule has 0 bridgehead atoms. The van der Waals surface area contributed by atoms with Crippen molar-refractivity contribution in [1.29, 1.82) is 0 Å². The van der Waals surface area contributed by atoms with Crippen molar-refractivity contribution in [3.8, 4) is 0 Å². The van der Waals surface area contributed by atoms with E-state index in [0.717, 1.165) is 25.8 Å². The van der Waals surface area contributed by atoms with Crippen molar-refractivity contribution < 1.29 is 4.79 Å². The molecule has 0 spiro atoms. The van der Waals surface area contributed by atoms with Crippen LogP contribution in [-0.4, -0.2) is 32.1 Å². The quantitative estimate of drug-likeness (QED) is 0.715. The fourth-order valence-corrected chi connectivity index (χ4v) is 2.13. The van der Waals surface area contributed by atoms with Gasteiger partial charge in [0.1, 0.15) is 0 Å². The van der Waals surface area contributed by atoms with Crippen LogP contribution in [0, 0.1) is 6.92 Å². The monoisotopic (exact) mass is 277 g/mol. The Morgan fingerprint density at radius 2 is 1.90 bits per heavy atom. The van der Waals surface area contributed by atoms with Gasteiger partial charge in [0.15, 0.2) is 0 Å². The Balaban J connectivity index is 2.37. The van der Waals surface area contributed by atoms with Gasteiger partial charge in [-0.3, -0.25) is 4.79 Å². The Morgan fingerprint density at radius 1 is 1.30 bits per heavy atom. The molecule has 3 N–H and O–H groups in total. The van der Waals surface area contributed by atoms with Gasteiger partial charge in [0.2, 0.25) is 5.91 Å². The number of nitrogens with zero attached hydrogens (tertiary/aromatic N) is 1. The van der Waals surface area contributed by atoms with Crippen molar-refractivity contribution in [2.75, 3.05) is 25.5 Å². The third-order valence-corrected chi connectivity index (χ3v) is 3.99. The number of hydrogen-bond donors (Lipinski definition) is 2. The van der Waals surface area contributed by atoms with E-state index < -0.39 is 5.54 Å². The summed E-state index contributed by atoms with van der Waals surface area (Å²) in [5, 5.41) is 3.02. The van der Waals surface area contributed by atoms with E-state index in [-0.39, 0.29) is 5.91 Å². The molecule has 1 atom stereocenters. The van der Waals surface area contributed by atoms with Crippen molar-refractivity contribution in [2.45, 2.75) is 38.6 Å². The van der Waals surface area contributed by atoms with Crippen LogP contribution in [-0.2, 0) is 4.79 Å². The van der Waals surface area contributed by atoms with Crippen molar-refractivity contribution in [3.05, 3.63) is 29.8 Å². The lowest BCUT2D eigenvalue weighted by Gasteiger charge is -2.26. The van der Waals surface area contributed by atoms with E-state index in [0.29, 0.717) is 0 Å². The number of amides is 1. The summed E-state index contributed by atoms with van der Waals surface area (Å²) in [6, 6.07) is 8.51. The first-order chi connectivity index (χ1) is 9.39. The molecule has 0 saturated heterocycles. The molecule has 0 fully saturated rings. The second-order valence-electron chi connectivity index (χ2n) is 5.66. The number of benzene rings is 1. The van der Waals surface area contributed by atoms with E-state index >= 15 is 0 Å². The van der Waals surface area contributed by atoms with Gasteiger partial charge in [0.25, 0.3) is 0 Å². The van der Waals surface area contributed by atoms with Crippen LogP contribution in [0.15, 0.2) is 24.3 Å². The molecule has 0 saturated carbocycles. The van der Waals surface area contributed by atoms with E-state index in [2.05, 4.69) is 48.5 Å². The first-order valence-corrected chi connectivity index (χ1v) is 7.15. The number of anilines is 1. The van der Waals surface area contributed by atoms with Crippen LogP contribution in [0.2, 0.25) is 0 Å². The fraction of sp³-hybridized carbons (Fsp3) is 0.562. The second kappa shape index (κ2) is 7.29. The molecule has 0 aliphatic carbocycles. The highest BCUT2D eigenvalue weighted by molar-refractivity contribution is 5.84. The van der Waals surface area contributed by atoms with Crippen LogP contribution < -0.4 is 16.0 Å². The van der Waals surface area contributed by atoms with E-state index in [1.807, 2.05) is 6.92 Å². The molecule has 1 rings (SSSR count). The summed E-state index contributed by atoms with van der Waals surface area (Å²) < 4.78 is 0. The van der Waals surface area contributed by atoms with E-state index in [1.165, 1.54) is 11.3 Å². The number of likely N-dealkylation sites (N-methyl/N-ethyl adjacent to an activating group) is 1. The van der Waals surface area contributed by atoms with E-state index in [4.69, 9.17) is 5.73 Å². The number of hydrogen-bond acceptors (Lipinski definition) is 3. The smallest absolute Gasteiger partial charge is 0.237 e. The van der Waals surface area contributed by atoms with Crippen LogP contribution in [0.25, 0.3) is 0 Å². The standard InChI is InChI=1S/C16H27N3O/c1-13-7-9-14(10-8-13)19(4)12-6-5-11-16(2,18-3)15(17)20/h7-10,18H,5-6,11-12H2,1-4H3,(H2,17,20). The maximum atomic E-state index is 11.4. The van der Waals surface area contributed by atoms with E-state index in [9.17, 15) is 4.79 Å². The average Bonchev–Trinajstić information content (AvgIpc) is 2.43. The summed E-state index contributed by atoms with van der Waals surface area (Å²) in [5.74, 6) is -0.285. The Bertz CT molecular complexity index is 430. The second-order valence-corrected chi connectivity index (χ2v) is 5.66. The summed E-state index contributed by atoms with van der Waals surface area (Å²) in [6.07, 6.45) is 2.77. The van der Waals surface area contributed by atoms with Crippen molar-refractivity contribution in [2.24, 2.45) is 5.73 Å². The van der Waals surface area contributed by atoms with Gasteiger partial charge in [-0.2, -0.15) is 0 Å². The molecule has 1 aromatic carbocycles. The maximum absolute atomic E-state index is 11.4. The minimum absolute atomic E-state index is 0.285. The lowest BCUT2D eigenvalue weighted by atomic mass is 9.94. The van der Waals surface area contributed by atoms with Crippen LogP contribution in [0.3, 0.4) is 0 Å². The van der Waals surface area contributed by atoms with Gasteiger partial charge >= 0.3 is 0 Å². The van der Waals surface area contributed by atoms with Gasteiger partial charge < -0.3 is 16.0 Å². The lowest BCUT2D eigenvalue weighted by Crippen LogP contribution is -2.51. The van der Waals surface area contributed by atoms with Gasteiger partial charge in [-0.1, -0.05) is 17.7 Å². The number of nitrogens with one attached hydrogen (secondary N) is 1. The highest BCUT2D eigenvalue weighted by Crippen LogP contribution is 2.16. The maximum Gasteiger partial charge on any atom is 0.237 e. The molecular formula is C16H27N3O. The number of carbonyl (C=O) groups is 1. The fourth-order valence-electron chi connectivity index (χ4n) is 2.13. The lowest BCUT2D eigenvalue weighted by molar-refractivity contribution is -0.123. The first-order valence-electron chi connectivity index (χ1n) is 7.15. The SMILES string of the molecule is CNC(C)(CCCCN(C)c1ccc(C)cc1)C(N)=O. The summed E-state index contributed by atoms with van der Waals surface area (Å²) in [5.41, 5.74) is 7.32. The Kier molecular flexibility index (Phi) is 6.02. The summed E-state index contributed by atoms with van der Waals surface area (Å²) in [4.78, 5) is 13.6. The zero-order valence-corrected chi connectivity index (χ0v) is 13.1. The number of rotatable bonds is 8. The van der Waals surface area contributed by atoms with Crippen molar-refractivity contribution in [3.63, 3.8) is 0 Å². The molecule has 1 amide bonds. The Labute approximate surface area is 122 Å². The van der Waals surface area contributed by atoms with Gasteiger partial charge in [0.05, 0.1) is 5.54 Å². The van der Waals surface area contributed by atoms with Crippen LogP contribution in [0.5, 0.6) is 0 Å². The third kappa shape index (κ3) is 4.53. The van der Waals surface area contributed by atoms with Crippen molar-refractivity contribution >= 4 is 11.6 Å².